The molecule has 0 aliphatic carbocycles. The minimum atomic E-state index is -3.18. The lowest BCUT2D eigenvalue weighted by Crippen LogP contribution is -2.50. The van der Waals surface area contributed by atoms with Crippen molar-refractivity contribution in [3.63, 3.8) is 0 Å². The van der Waals surface area contributed by atoms with E-state index in [9.17, 15) is 13.2 Å². The highest BCUT2D eigenvalue weighted by atomic mass is 32.2. The third kappa shape index (κ3) is 3.08. The van der Waals surface area contributed by atoms with Crippen molar-refractivity contribution in [2.45, 2.75) is 0 Å². The molecule has 0 unspecified atom stereocenters. The standard InChI is InChI=1S/C14H16N2O4S2/c1-22(18,19)16-6-4-15(5-7-16)14(17)13-9-11(10-21-13)12-3-2-8-20-12/h2-3,8-10H,4-7H2,1H3. The molecule has 8 heteroatoms. The van der Waals surface area contributed by atoms with Gasteiger partial charge in [-0.3, -0.25) is 4.79 Å². The first-order valence-electron chi connectivity index (χ1n) is 6.82. The molecule has 1 amide bonds. The van der Waals surface area contributed by atoms with Crippen LogP contribution in [0.15, 0.2) is 34.3 Å². The Morgan fingerprint density at radius 1 is 1.27 bits per heavy atom. The number of carbonyl (C=O) groups excluding carboxylic acids is 1. The van der Waals surface area contributed by atoms with E-state index < -0.39 is 10.0 Å². The van der Waals surface area contributed by atoms with Gasteiger partial charge in [-0.15, -0.1) is 11.3 Å². The number of hydrogen-bond donors (Lipinski definition) is 0. The summed E-state index contributed by atoms with van der Waals surface area (Å²) in [5, 5.41) is 1.89. The number of rotatable bonds is 3. The molecule has 1 fully saturated rings. The van der Waals surface area contributed by atoms with E-state index in [1.54, 1.807) is 17.2 Å². The van der Waals surface area contributed by atoms with Gasteiger partial charge in [0.1, 0.15) is 5.76 Å². The van der Waals surface area contributed by atoms with Crippen LogP contribution in [0.1, 0.15) is 9.67 Å². The van der Waals surface area contributed by atoms with E-state index in [-0.39, 0.29) is 5.91 Å². The summed E-state index contributed by atoms with van der Waals surface area (Å²) in [5.74, 6) is 0.674. The second kappa shape index (κ2) is 5.86. The van der Waals surface area contributed by atoms with Crippen molar-refractivity contribution in [3.8, 4) is 11.3 Å². The maximum absolute atomic E-state index is 12.5. The minimum absolute atomic E-state index is 0.0593. The monoisotopic (exact) mass is 340 g/mol. The second-order valence-corrected chi connectivity index (χ2v) is 8.02. The Balaban J connectivity index is 1.68. The molecule has 0 atom stereocenters. The summed E-state index contributed by atoms with van der Waals surface area (Å²) >= 11 is 1.37. The lowest BCUT2D eigenvalue weighted by atomic mass is 10.2. The van der Waals surface area contributed by atoms with Gasteiger partial charge in [-0.1, -0.05) is 0 Å². The van der Waals surface area contributed by atoms with E-state index in [1.807, 2.05) is 17.5 Å². The third-order valence-electron chi connectivity index (χ3n) is 3.61. The molecular formula is C14H16N2O4S2. The normalized spacial score (nSPS) is 16.9. The highest BCUT2D eigenvalue weighted by molar-refractivity contribution is 7.88. The van der Waals surface area contributed by atoms with E-state index in [4.69, 9.17) is 4.42 Å². The van der Waals surface area contributed by atoms with Gasteiger partial charge in [0, 0.05) is 37.1 Å². The first kappa shape index (κ1) is 15.3. The molecule has 1 aliphatic heterocycles. The summed E-state index contributed by atoms with van der Waals surface area (Å²) in [6.45, 7) is 1.53. The zero-order chi connectivity index (χ0) is 15.7. The van der Waals surface area contributed by atoms with Crippen molar-refractivity contribution >= 4 is 27.3 Å². The Hall–Kier alpha value is -1.64. The molecule has 3 rings (SSSR count). The molecule has 118 valence electrons. The lowest BCUT2D eigenvalue weighted by Gasteiger charge is -2.32. The van der Waals surface area contributed by atoms with Crippen molar-refractivity contribution in [2.75, 3.05) is 32.4 Å². The van der Waals surface area contributed by atoms with Gasteiger partial charge in [-0.2, -0.15) is 4.31 Å². The maximum atomic E-state index is 12.5. The highest BCUT2D eigenvalue weighted by Gasteiger charge is 2.27. The summed E-state index contributed by atoms with van der Waals surface area (Å²) in [6.07, 6.45) is 2.79. The van der Waals surface area contributed by atoms with Gasteiger partial charge in [0.25, 0.3) is 5.91 Å². The summed E-state index contributed by atoms with van der Waals surface area (Å²) in [6, 6.07) is 5.47. The lowest BCUT2D eigenvalue weighted by molar-refractivity contribution is 0.0703. The molecule has 0 saturated carbocycles. The zero-order valence-electron chi connectivity index (χ0n) is 12.1. The fraction of sp³-hybridized carbons (Fsp3) is 0.357. The first-order valence-corrected chi connectivity index (χ1v) is 9.55. The van der Waals surface area contributed by atoms with Crippen molar-refractivity contribution in [1.82, 2.24) is 9.21 Å². The Morgan fingerprint density at radius 3 is 2.59 bits per heavy atom. The minimum Gasteiger partial charge on any atom is -0.464 e. The van der Waals surface area contributed by atoms with Crippen LogP contribution >= 0.6 is 11.3 Å². The Morgan fingerprint density at radius 2 is 2.00 bits per heavy atom. The Labute approximate surface area is 133 Å². The van der Waals surface area contributed by atoms with Crippen LogP contribution in [-0.4, -0.2) is 56.0 Å². The van der Waals surface area contributed by atoms with Gasteiger partial charge in [0.2, 0.25) is 10.0 Å². The highest BCUT2D eigenvalue weighted by Crippen LogP contribution is 2.27. The van der Waals surface area contributed by atoms with Gasteiger partial charge in [0.15, 0.2) is 0 Å². The third-order valence-corrected chi connectivity index (χ3v) is 5.83. The number of piperazine rings is 1. The fourth-order valence-corrected chi connectivity index (χ4v) is 4.09. The van der Waals surface area contributed by atoms with Crippen LogP contribution < -0.4 is 0 Å². The molecule has 22 heavy (non-hydrogen) atoms. The molecule has 1 aliphatic rings. The summed E-state index contributed by atoms with van der Waals surface area (Å²) in [7, 11) is -3.18. The van der Waals surface area contributed by atoms with Gasteiger partial charge >= 0.3 is 0 Å². The van der Waals surface area contributed by atoms with E-state index in [2.05, 4.69) is 0 Å². The van der Waals surface area contributed by atoms with Crippen LogP contribution in [-0.2, 0) is 10.0 Å². The molecule has 3 heterocycles. The predicted octanol–water partition coefficient (Wildman–Crippen LogP) is 1.73. The average molecular weight is 340 g/mol. The van der Waals surface area contributed by atoms with E-state index in [0.29, 0.717) is 31.1 Å². The van der Waals surface area contributed by atoms with E-state index in [0.717, 1.165) is 11.3 Å². The SMILES string of the molecule is CS(=O)(=O)N1CCN(C(=O)c2cc(-c3ccco3)cs2)CC1. The predicted molar refractivity (Wildman–Crippen MR) is 84.3 cm³/mol. The smallest absolute Gasteiger partial charge is 0.264 e. The molecule has 2 aromatic rings. The Kier molecular flexibility index (Phi) is 4.07. The summed E-state index contributed by atoms with van der Waals surface area (Å²) in [5.41, 5.74) is 0.883. The maximum Gasteiger partial charge on any atom is 0.264 e. The molecule has 0 spiro atoms. The van der Waals surface area contributed by atoms with Crippen LogP contribution in [0.25, 0.3) is 11.3 Å². The molecule has 2 aromatic heterocycles. The summed E-state index contributed by atoms with van der Waals surface area (Å²) < 4.78 is 29.7. The number of sulfonamides is 1. The number of nitrogens with zero attached hydrogens (tertiary/aromatic N) is 2. The van der Waals surface area contributed by atoms with Crippen LogP contribution in [0.3, 0.4) is 0 Å². The van der Waals surface area contributed by atoms with Crippen molar-refractivity contribution in [3.05, 3.63) is 34.7 Å². The average Bonchev–Trinajstić information content (AvgIpc) is 3.16. The summed E-state index contributed by atoms with van der Waals surface area (Å²) in [4.78, 5) is 14.8. The molecule has 0 N–H and O–H groups in total. The topological polar surface area (TPSA) is 70.8 Å². The quantitative estimate of drug-likeness (QED) is 0.853. The van der Waals surface area contributed by atoms with Gasteiger partial charge in [-0.25, -0.2) is 8.42 Å². The molecule has 6 nitrogen and oxygen atoms in total. The van der Waals surface area contributed by atoms with Gasteiger partial charge in [0.05, 0.1) is 17.4 Å². The first-order chi connectivity index (χ1) is 10.4. The fourth-order valence-electron chi connectivity index (χ4n) is 2.40. The second-order valence-electron chi connectivity index (χ2n) is 5.13. The van der Waals surface area contributed by atoms with E-state index >= 15 is 0 Å². The van der Waals surface area contributed by atoms with Gasteiger partial charge < -0.3 is 9.32 Å². The number of hydrogen-bond acceptors (Lipinski definition) is 5. The van der Waals surface area contributed by atoms with Crippen molar-refractivity contribution < 1.29 is 17.6 Å². The number of thiophene rings is 1. The molecule has 1 saturated heterocycles. The number of carbonyl (C=O) groups is 1. The number of amides is 1. The van der Waals surface area contributed by atoms with Crippen LogP contribution in [0.4, 0.5) is 0 Å². The molecule has 0 radical (unpaired) electrons. The molecule has 0 bridgehead atoms. The number of furan rings is 1. The van der Waals surface area contributed by atoms with E-state index in [1.165, 1.54) is 21.9 Å². The van der Waals surface area contributed by atoms with Gasteiger partial charge in [-0.05, 0) is 18.2 Å². The molecule has 0 aromatic carbocycles. The Bertz CT molecular complexity index is 757. The molecular weight excluding hydrogens is 324 g/mol. The largest absolute Gasteiger partial charge is 0.464 e. The van der Waals surface area contributed by atoms with Crippen LogP contribution in [0, 0.1) is 0 Å². The van der Waals surface area contributed by atoms with Crippen molar-refractivity contribution in [1.29, 1.82) is 0 Å². The van der Waals surface area contributed by atoms with Crippen LogP contribution in [0.2, 0.25) is 0 Å². The van der Waals surface area contributed by atoms with Crippen molar-refractivity contribution in [2.24, 2.45) is 0 Å². The van der Waals surface area contributed by atoms with Crippen LogP contribution in [0.5, 0.6) is 0 Å². The zero-order valence-corrected chi connectivity index (χ0v) is 13.7.